The van der Waals surface area contributed by atoms with Crippen molar-refractivity contribution in [3.05, 3.63) is 76.6 Å². The van der Waals surface area contributed by atoms with Crippen LogP contribution in [0.4, 0.5) is 23.7 Å². The van der Waals surface area contributed by atoms with Crippen molar-refractivity contribution in [2.45, 2.75) is 26.2 Å². The Morgan fingerprint density at radius 1 is 1.09 bits per heavy atom. The largest absolute Gasteiger partial charge is 0.435 e. The third-order valence-electron chi connectivity index (χ3n) is 4.64. The summed E-state index contributed by atoms with van der Waals surface area (Å²) < 4.78 is 66.1. The van der Waals surface area contributed by atoms with Gasteiger partial charge in [-0.1, -0.05) is 29.8 Å². The molecule has 2 aromatic carbocycles. The molecule has 182 valence electrons. The predicted octanol–water partition coefficient (Wildman–Crippen LogP) is 4.31. The molecule has 2 amide bonds. The van der Waals surface area contributed by atoms with Gasteiger partial charge in [-0.2, -0.15) is 18.3 Å². The number of alkyl halides is 3. The molecular weight excluding hydrogens is 495 g/mol. The molecular formula is C21H21ClF3N5O3S. The van der Waals surface area contributed by atoms with Gasteiger partial charge in [0, 0.05) is 17.3 Å². The maximum absolute atomic E-state index is 13.2. The molecule has 0 aliphatic rings. The van der Waals surface area contributed by atoms with E-state index >= 15 is 0 Å². The molecule has 0 aliphatic heterocycles. The Morgan fingerprint density at radius 2 is 1.79 bits per heavy atom. The van der Waals surface area contributed by atoms with E-state index in [-0.39, 0.29) is 24.5 Å². The summed E-state index contributed by atoms with van der Waals surface area (Å²) in [6.07, 6.45) is -4.66. The highest BCUT2D eigenvalue weighted by atomic mass is 35.5. The molecule has 3 N–H and O–H groups in total. The zero-order valence-corrected chi connectivity index (χ0v) is 19.4. The normalized spacial score (nSPS) is 11.9. The van der Waals surface area contributed by atoms with Gasteiger partial charge < -0.3 is 10.6 Å². The summed E-state index contributed by atoms with van der Waals surface area (Å²) in [4.78, 5) is 12.3. The molecule has 34 heavy (non-hydrogen) atoms. The second-order valence-electron chi connectivity index (χ2n) is 7.14. The average Bonchev–Trinajstić information content (AvgIpc) is 3.22. The summed E-state index contributed by atoms with van der Waals surface area (Å²) in [6.45, 7) is 1.40. The third kappa shape index (κ3) is 6.95. The van der Waals surface area contributed by atoms with Crippen LogP contribution in [0.15, 0.2) is 54.6 Å². The summed E-state index contributed by atoms with van der Waals surface area (Å²) in [5, 5.41) is 9.01. The number of aromatic nitrogens is 2. The molecule has 0 spiro atoms. The number of hydrogen-bond donors (Lipinski definition) is 3. The Morgan fingerprint density at radius 3 is 2.41 bits per heavy atom. The van der Waals surface area contributed by atoms with Gasteiger partial charge in [-0.25, -0.2) is 22.6 Å². The minimum absolute atomic E-state index is 0.0342. The molecule has 3 rings (SSSR count). The number of amides is 2. The van der Waals surface area contributed by atoms with E-state index in [0.717, 1.165) is 10.7 Å². The molecule has 0 atom stereocenters. The maximum atomic E-state index is 13.2. The minimum atomic E-state index is -4.66. The van der Waals surface area contributed by atoms with Crippen LogP contribution in [-0.4, -0.2) is 30.0 Å². The van der Waals surface area contributed by atoms with Crippen molar-refractivity contribution in [3.8, 4) is 5.69 Å². The molecule has 1 heterocycles. The van der Waals surface area contributed by atoms with Crippen LogP contribution in [0, 0.1) is 0 Å². The van der Waals surface area contributed by atoms with Gasteiger partial charge in [-0.15, -0.1) is 0 Å². The standard InChI is InChI=1S/C21H21ClF3N5O3S/c1-2-34(32,33)27-12-14-6-8-16(9-7-14)28-20(31)26-13-18-11-19(21(23,24)25)29-30(18)17-5-3-4-15(22)10-17/h3-11,27H,2,12-13H2,1H3,(H2,26,28,31). The van der Waals surface area contributed by atoms with Crippen molar-refractivity contribution >= 4 is 33.3 Å². The molecule has 0 radical (unpaired) electrons. The monoisotopic (exact) mass is 515 g/mol. The number of rotatable bonds is 8. The van der Waals surface area contributed by atoms with E-state index in [0.29, 0.717) is 22.0 Å². The molecule has 0 aliphatic carbocycles. The number of halogens is 4. The lowest BCUT2D eigenvalue weighted by molar-refractivity contribution is -0.141. The highest BCUT2D eigenvalue weighted by Gasteiger charge is 2.35. The summed E-state index contributed by atoms with van der Waals surface area (Å²) >= 11 is 5.95. The van der Waals surface area contributed by atoms with Crippen LogP contribution < -0.4 is 15.4 Å². The fraction of sp³-hybridized carbons (Fsp3) is 0.238. The van der Waals surface area contributed by atoms with E-state index < -0.39 is 27.9 Å². The molecule has 0 unspecified atom stereocenters. The number of sulfonamides is 1. The zero-order valence-electron chi connectivity index (χ0n) is 17.9. The smallest absolute Gasteiger partial charge is 0.332 e. The lowest BCUT2D eigenvalue weighted by Gasteiger charge is -2.11. The van der Waals surface area contributed by atoms with Gasteiger partial charge in [-0.05, 0) is 48.9 Å². The Bertz CT molecular complexity index is 1260. The first-order valence-electron chi connectivity index (χ1n) is 10.00. The van der Waals surface area contributed by atoms with Gasteiger partial charge in [0.25, 0.3) is 0 Å². The summed E-state index contributed by atoms with van der Waals surface area (Å²) in [6, 6.07) is 12.8. The number of hydrogen-bond acceptors (Lipinski definition) is 4. The second-order valence-corrected chi connectivity index (χ2v) is 9.67. The highest BCUT2D eigenvalue weighted by Crippen LogP contribution is 2.30. The van der Waals surface area contributed by atoms with Crippen molar-refractivity contribution in [2.24, 2.45) is 0 Å². The topological polar surface area (TPSA) is 105 Å². The van der Waals surface area contributed by atoms with Crippen molar-refractivity contribution < 1.29 is 26.4 Å². The molecule has 3 aromatic rings. The van der Waals surface area contributed by atoms with Gasteiger partial charge in [0.1, 0.15) is 0 Å². The van der Waals surface area contributed by atoms with E-state index in [2.05, 4.69) is 20.5 Å². The van der Waals surface area contributed by atoms with Gasteiger partial charge in [0.05, 0.1) is 23.7 Å². The Kier molecular flexibility index (Phi) is 7.85. The van der Waals surface area contributed by atoms with Crippen LogP contribution >= 0.6 is 11.6 Å². The number of anilines is 1. The van der Waals surface area contributed by atoms with Gasteiger partial charge in [-0.3, -0.25) is 0 Å². The summed E-state index contributed by atoms with van der Waals surface area (Å²) in [7, 11) is -3.33. The first kappa shape index (κ1) is 25.5. The lowest BCUT2D eigenvalue weighted by atomic mass is 10.2. The fourth-order valence-corrected chi connectivity index (χ4v) is 3.64. The zero-order chi connectivity index (χ0) is 24.9. The first-order valence-corrected chi connectivity index (χ1v) is 12.0. The Labute approximate surface area is 199 Å². The number of benzene rings is 2. The molecule has 8 nitrogen and oxygen atoms in total. The second kappa shape index (κ2) is 10.5. The van der Waals surface area contributed by atoms with Gasteiger partial charge >= 0.3 is 12.2 Å². The number of carbonyl (C=O) groups is 1. The predicted molar refractivity (Wildman–Crippen MR) is 122 cm³/mol. The maximum Gasteiger partial charge on any atom is 0.435 e. The van der Waals surface area contributed by atoms with Crippen molar-refractivity contribution in [3.63, 3.8) is 0 Å². The van der Waals surface area contributed by atoms with Crippen LogP contribution in [0.1, 0.15) is 23.9 Å². The number of urea groups is 1. The van der Waals surface area contributed by atoms with E-state index in [9.17, 15) is 26.4 Å². The van der Waals surface area contributed by atoms with E-state index in [4.69, 9.17) is 11.6 Å². The van der Waals surface area contributed by atoms with E-state index in [1.54, 1.807) is 42.5 Å². The molecule has 0 saturated carbocycles. The van der Waals surface area contributed by atoms with E-state index in [1.807, 2.05) is 0 Å². The highest BCUT2D eigenvalue weighted by molar-refractivity contribution is 7.89. The number of carbonyl (C=O) groups excluding carboxylic acids is 1. The molecule has 0 fully saturated rings. The summed E-state index contributed by atoms with van der Waals surface area (Å²) in [5.41, 5.74) is 0.420. The van der Waals surface area contributed by atoms with Crippen LogP contribution in [-0.2, 0) is 29.3 Å². The fourth-order valence-electron chi connectivity index (χ4n) is 2.86. The SMILES string of the molecule is CCS(=O)(=O)NCc1ccc(NC(=O)NCc2cc(C(F)(F)F)nn2-c2cccc(Cl)c2)cc1. The van der Waals surface area contributed by atoms with Crippen molar-refractivity contribution in [1.29, 1.82) is 0 Å². The minimum Gasteiger partial charge on any atom is -0.332 e. The van der Waals surface area contributed by atoms with Crippen LogP contribution in [0.3, 0.4) is 0 Å². The molecule has 1 aromatic heterocycles. The van der Waals surface area contributed by atoms with E-state index in [1.165, 1.54) is 13.0 Å². The molecule has 0 bridgehead atoms. The Balaban J connectivity index is 1.66. The lowest BCUT2D eigenvalue weighted by Crippen LogP contribution is -2.29. The number of nitrogens with zero attached hydrogens (tertiary/aromatic N) is 2. The van der Waals surface area contributed by atoms with Crippen LogP contribution in [0.25, 0.3) is 5.69 Å². The summed E-state index contributed by atoms with van der Waals surface area (Å²) in [5.74, 6) is -0.0342. The van der Waals surface area contributed by atoms with Gasteiger partial charge in [0.15, 0.2) is 5.69 Å². The third-order valence-corrected chi connectivity index (χ3v) is 6.22. The molecule has 0 saturated heterocycles. The molecule has 13 heteroatoms. The van der Waals surface area contributed by atoms with Gasteiger partial charge in [0.2, 0.25) is 10.0 Å². The Hall–Kier alpha value is -3.09. The van der Waals surface area contributed by atoms with Crippen molar-refractivity contribution in [1.82, 2.24) is 19.8 Å². The van der Waals surface area contributed by atoms with Crippen molar-refractivity contribution in [2.75, 3.05) is 11.1 Å². The first-order chi connectivity index (χ1) is 16.0. The quantitative estimate of drug-likeness (QED) is 0.416. The van der Waals surface area contributed by atoms with Crippen LogP contribution in [0.5, 0.6) is 0 Å². The number of nitrogens with one attached hydrogen (secondary N) is 3. The average molecular weight is 516 g/mol. The van der Waals surface area contributed by atoms with Crippen LogP contribution in [0.2, 0.25) is 5.02 Å².